The fourth-order valence-corrected chi connectivity index (χ4v) is 0.781. The van der Waals surface area contributed by atoms with Crippen molar-refractivity contribution in [1.82, 2.24) is 0 Å². The van der Waals surface area contributed by atoms with Crippen molar-refractivity contribution in [2.45, 2.75) is 31.8 Å². The maximum atomic E-state index is 12.1. The topological polar surface area (TPSA) is 9.23 Å². The molecule has 1 atom stereocenters. The molecule has 0 amide bonds. The first-order valence-electron chi connectivity index (χ1n) is 3.92. The van der Waals surface area contributed by atoms with E-state index in [2.05, 4.69) is 11.3 Å². The van der Waals surface area contributed by atoms with Gasteiger partial charge in [0.25, 0.3) is 0 Å². The minimum atomic E-state index is -4.82. The van der Waals surface area contributed by atoms with E-state index >= 15 is 0 Å². The quantitative estimate of drug-likeness (QED) is 0.536. The van der Waals surface area contributed by atoms with Gasteiger partial charge in [-0.1, -0.05) is 5.57 Å². The van der Waals surface area contributed by atoms with Crippen LogP contribution >= 0.6 is 0 Å². The van der Waals surface area contributed by atoms with Crippen LogP contribution in [-0.2, 0) is 4.74 Å². The van der Waals surface area contributed by atoms with E-state index in [9.17, 15) is 26.3 Å². The van der Waals surface area contributed by atoms with Gasteiger partial charge in [0, 0.05) is 6.42 Å². The minimum absolute atomic E-state index is 0.111. The van der Waals surface area contributed by atoms with E-state index in [0.717, 1.165) is 0 Å². The summed E-state index contributed by atoms with van der Waals surface area (Å²) in [5.74, 6) is 0. The number of hydrogen-bond donors (Lipinski definition) is 0. The lowest BCUT2D eigenvalue weighted by molar-refractivity contribution is -0.254. The fourth-order valence-electron chi connectivity index (χ4n) is 0.781. The number of rotatable bonds is 4. The lowest BCUT2D eigenvalue weighted by Gasteiger charge is -2.21. The smallest absolute Gasteiger partial charge is 0.359 e. The molecule has 0 aromatic carbocycles. The van der Waals surface area contributed by atoms with Gasteiger partial charge >= 0.3 is 12.4 Å². The van der Waals surface area contributed by atoms with Crippen molar-refractivity contribution in [3.8, 4) is 0 Å². The van der Waals surface area contributed by atoms with E-state index in [0.29, 0.717) is 0 Å². The molecular weight excluding hydrogens is 226 g/mol. The Morgan fingerprint density at radius 1 is 1.20 bits per heavy atom. The maximum absolute atomic E-state index is 12.1. The molecule has 0 fully saturated rings. The van der Waals surface area contributed by atoms with Crippen molar-refractivity contribution in [2.24, 2.45) is 0 Å². The highest BCUT2D eigenvalue weighted by molar-refractivity contribution is 4.93. The molecule has 0 aliphatic rings. The second-order valence-corrected chi connectivity index (χ2v) is 3.12. The molecule has 1 nitrogen and oxygen atoms in total. The molecule has 0 N–H and O–H groups in total. The average Bonchev–Trinajstić information content (AvgIpc) is 1.93. The Bertz CT molecular complexity index is 216. The number of alkyl halides is 6. The summed E-state index contributed by atoms with van der Waals surface area (Å²) in [4.78, 5) is 0. The molecule has 0 rings (SSSR count). The van der Waals surface area contributed by atoms with Crippen LogP contribution in [0.1, 0.15) is 13.3 Å². The minimum Gasteiger partial charge on any atom is -0.359 e. The standard InChI is InChI=1S/C8H10F6O/c1-5(2)3-6(8(12,13)14)15-4-7(9,10)11/h6H,1,3-4H2,2H3. The van der Waals surface area contributed by atoms with Gasteiger partial charge in [-0.25, -0.2) is 0 Å². The van der Waals surface area contributed by atoms with E-state index in [-0.39, 0.29) is 5.57 Å². The zero-order chi connectivity index (χ0) is 12.3. The van der Waals surface area contributed by atoms with Crippen LogP contribution in [0.5, 0.6) is 0 Å². The molecule has 1 unspecified atom stereocenters. The van der Waals surface area contributed by atoms with E-state index in [4.69, 9.17) is 0 Å². The first kappa shape index (κ1) is 14.3. The summed E-state index contributed by atoms with van der Waals surface area (Å²) in [5.41, 5.74) is 0.111. The van der Waals surface area contributed by atoms with Crippen molar-refractivity contribution < 1.29 is 31.1 Å². The van der Waals surface area contributed by atoms with Crippen molar-refractivity contribution in [1.29, 1.82) is 0 Å². The van der Waals surface area contributed by atoms with Crippen LogP contribution < -0.4 is 0 Å². The van der Waals surface area contributed by atoms with Gasteiger partial charge in [-0.15, -0.1) is 6.58 Å². The first-order chi connectivity index (χ1) is 6.52. The molecule has 90 valence electrons. The Labute approximate surface area is 82.7 Å². The van der Waals surface area contributed by atoms with Crippen LogP contribution in [0, 0.1) is 0 Å². The molecule has 0 saturated heterocycles. The Morgan fingerprint density at radius 2 is 1.67 bits per heavy atom. The predicted octanol–water partition coefficient (Wildman–Crippen LogP) is 3.46. The van der Waals surface area contributed by atoms with Crippen LogP contribution in [0.3, 0.4) is 0 Å². The molecule has 0 bridgehead atoms. The molecule has 0 spiro atoms. The summed E-state index contributed by atoms with van der Waals surface area (Å²) in [6.45, 7) is 2.57. The van der Waals surface area contributed by atoms with E-state index < -0.39 is 31.5 Å². The zero-order valence-corrected chi connectivity index (χ0v) is 7.87. The largest absolute Gasteiger partial charge is 0.414 e. The van der Waals surface area contributed by atoms with Gasteiger partial charge in [0.15, 0.2) is 6.10 Å². The lowest BCUT2D eigenvalue weighted by atomic mass is 10.1. The molecule has 7 heteroatoms. The average molecular weight is 236 g/mol. The highest BCUT2D eigenvalue weighted by Gasteiger charge is 2.42. The highest BCUT2D eigenvalue weighted by atomic mass is 19.4. The van der Waals surface area contributed by atoms with Gasteiger partial charge in [0.05, 0.1) is 0 Å². The van der Waals surface area contributed by atoms with Gasteiger partial charge in [0.1, 0.15) is 6.61 Å². The second-order valence-electron chi connectivity index (χ2n) is 3.12. The summed E-state index contributed by atoms with van der Waals surface area (Å²) < 4.78 is 75.0. The van der Waals surface area contributed by atoms with Gasteiger partial charge in [-0.3, -0.25) is 0 Å². The first-order valence-corrected chi connectivity index (χ1v) is 3.92. The number of ether oxygens (including phenoxy) is 1. The Balaban J connectivity index is 4.33. The van der Waals surface area contributed by atoms with Gasteiger partial charge < -0.3 is 4.74 Å². The Hall–Kier alpha value is -0.720. The monoisotopic (exact) mass is 236 g/mol. The van der Waals surface area contributed by atoms with Crippen LogP contribution in [-0.4, -0.2) is 25.1 Å². The molecule has 0 heterocycles. The molecule has 0 aromatic rings. The SMILES string of the molecule is C=C(C)CC(OCC(F)(F)F)C(F)(F)F. The van der Waals surface area contributed by atoms with Gasteiger partial charge in [0.2, 0.25) is 0 Å². The molecule has 0 aliphatic heterocycles. The molecule has 0 aromatic heterocycles. The lowest BCUT2D eigenvalue weighted by Crippen LogP contribution is -2.35. The second kappa shape index (κ2) is 4.87. The molecular formula is C8H10F6O. The summed E-state index contributed by atoms with van der Waals surface area (Å²) in [5, 5.41) is 0. The predicted molar refractivity (Wildman–Crippen MR) is 41.3 cm³/mol. The summed E-state index contributed by atoms with van der Waals surface area (Å²) in [6.07, 6.45) is -12.7. The van der Waals surface area contributed by atoms with E-state index in [1.807, 2.05) is 0 Å². The van der Waals surface area contributed by atoms with Gasteiger partial charge in [-0.05, 0) is 6.92 Å². The summed E-state index contributed by atoms with van der Waals surface area (Å²) >= 11 is 0. The molecule has 0 saturated carbocycles. The Kier molecular flexibility index (Phi) is 4.64. The highest BCUT2D eigenvalue weighted by Crippen LogP contribution is 2.29. The van der Waals surface area contributed by atoms with E-state index in [1.54, 1.807) is 0 Å². The normalized spacial score (nSPS) is 15.1. The maximum Gasteiger partial charge on any atom is 0.414 e. The fraction of sp³-hybridized carbons (Fsp3) is 0.750. The molecule has 15 heavy (non-hydrogen) atoms. The number of halogens is 6. The van der Waals surface area contributed by atoms with Crippen molar-refractivity contribution >= 4 is 0 Å². The van der Waals surface area contributed by atoms with Crippen LogP contribution in [0.25, 0.3) is 0 Å². The zero-order valence-electron chi connectivity index (χ0n) is 7.87. The van der Waals surface area contributed by atoms with Gasteiger partial charge in [-0.2, -0.15) is 26.3 Å². The van der Waals surface area contributed by atoms with Crippen molar-refractivity contribution in [3.63, 3.8) is 0 Å². The van der Waals surface area contributed by atoms with Crippen LogP contribution in [0.2, 0.25) is 0 Å². The molecule has 0 radical (unpaired) electrons. The summed E-state index contributed by atoms with van der Waals surface area (Å²) in [7, 11) is 0. The summed E-state index contributed by atoms with van der Waals surface area (Å²) in [6, 6.07) is 0. The van der Waals surface area contributed by atoms with E-state index in [1.165, 1.54) is 6.92 Å². The molecule has 0 aliphatic carbocycles. The third kappa shape index (κ3) is 7.24. The van der Waals surface area contributed by atoms with Crippen LogP contribution in [0.15, 0.2) is 12.2 Å². The van der Waals surface area contributed by atoms with Crippen molar-refractivity contribution in [3.05, 3.63) is 12.2 Å². The van der Waals surface area contributed by atoms with Crippen LogP contribution in [0.4, 0.5) is 26.3 Å². The van der Waals surface area contributed by atoms with Crippen molar-refractivity contribution in [2.75, 3.05) is 6.61 Å². The number of hydrogen-bond acceptors (Lipinski definition) is 1. The third-order valence-electron chi connectivity index (χ3n) is 1.35. The third-order valence-corrected chi connectivity index (χ3v) is 1.35. The Morgan fingerprint density at radius 3 is 1.93 bits per heavy atom.